The molecule has 0 bridgehead atoms. The number of nitrogens with one attached hydrogen (secondary N) is 1. The number of aryl methyl sites for hydroxylation is 1. The molecule has 3 rings (SSSR count). The zero-order chi connectivity index (χ0) is 22.4. The molecule has 0 unspecified atom stereocenters. The quantitative estimate of drug-likeness (QED) is 0.738. The summed E-state index contributed by atoms with van der Waals surface area (Å²) in [5.41, 5.74) is 2.49. The van der Waals surface area contributed by atoms with Crippen LogP contribution in [0.15, 0.2) is 53.7 Å². The van der Waals surface area contributed by atoms with Gasteiger partial charge in [0.2, 0.25) is 0 Å². The normalized spacial score (nSPS) is 12.9. The second-order valence-corrected chi connectivity index (χ2v) is 7.40. The van der Waals surface area contributed by atoms with Gasteiger partial charge in [-0.25, -0.2) is 0 Å². The minimum absolute atomic E-state index is 0.0143. The highest BCUT2D eigenvalue weighted by Gasteiger charge is 2.25. The first kappa shape index (κ1) is 21.7. The molecule has 31 heavy (non-hydrogen) atoms. The van der Waals surface area contributed by atoms with Crippen molar-refractivity contribution in [2.45, 2.75) is 6.92 Å². The van der Waals surface area contributed by atoms with Gasteiger partial charge in [0.1, 0.15) is 23.9 Å². The largest absolute Gasteiger partial charge is 0.365 e. The SMILES string of the molecule is Cc1ccc(C(=O)N2CCN(c3c(Cl)cccc3NC(C#N)=C(C#N)C#N)CC2)cc1. The van der Waals surface area contributed by atoms with E-state index in [1.165, 1.54) is 0 Å². The Hall–Kier alpha value is -3.99. The molecule has 0 aromatic heterocycles. The lowest BCUT2D eigenvalue weighted by Crippen LogP contribution is -2.49. The molecule has 1 aliphatic heterocycles. The summed E-state index contributed by atoms with van der Waals surface area (Å²) in [5, 5.41) is 30.8. The summed E-state index contributed by atoms with van der Waals surface area (Å²) in [6.07, 6.45) is 0. The summed E-state index contributed by atoms with van der Waals surface area (Å²) in [4.78, 5) is 16.6. The third kappa shape index (κ3) is 4.78. The number of allylic oxidation sites excluding steroid dienone is 2. The zero-order valence-corrected chi connectivity index (χ0v) is 17.6. The van der Waals surface area contributed by atoms with Crippen LogP contribution < -0.4 is 10.2 Å². The lowest BCUT2D eigenvalue weighted by molar-refractivity contribution is 0.0747. The number of amides is 1. The monoisotopic (exact) mass is 430 g/mol. The Morgan fingerprint density at radius 3 is 2.19 bits per heavy atom. The molecule has 0 radical (unpaired) electrons. The average Bonchev–Trinajstić information content (AvgIpc) is 2.79. The standard InChI is InChI=1S/C23H19ClN6O/c1-16-5-7-17(8-6-16)23(31)30-11-9-29(10-12-30)22-19(24)3-2-4-20(22)28-21(15-27)18(13-25)14-26/h2-8,28H,9-12H2,1H3. The van der Waals surface area contributed by atoms with Crippen molar-refractivity contribution in [3.63, 3.8) is 0 Å². The molecule has 7 nitrogen and oxygen atoms in total. The van der Waals surface area contributed by atoms with E-state index in [1.807, 2.05) is 42.2 Å². The number of carbonyl (C=O) groups excluding carboxylic acids is 1. The van der Waals surface area contributed by atoms with Gasteiger partial charge >= 0.3 is 0 Å². The molecule has 1 amide bonds. The molecule has 2 aromatic rings. The predicted octanol–water partition coefficient (Wildman–Crippen LogP) is 3.85. The number of benzene rings is 2. The smallest absolute Gasteiger partial charge is 0.253 e. The van der Waals surface area contributed by atoms with Crippen LogP contribution in [0.25, 0.3) is 0 Å². The Morgan fingerprint density at radius 1 is 0.968 bits per heavy atom. The van der Waals surface area contributed by atoms with Crippen molar-refractivity contribution in [1.29, 1.82) is 15.8 Å². The van der Waals surface area contributed by atoms with Crippen molar-refractivity contribution in [3.05, 3.63) is 69.9 Å². The molecule has 1 aliphatic rings. The van der Waals surface area contributed by atoms with E-state index in [1.54, 1.807) is 35.2 Å². The number of carbonyl (C=O) groups is 1. The van der Waals surface area contributed by atoms with Gasteiger partial charge in [-0.05, 0) is 31.2 Å². The van der Waals surface area contributed by atoms with Crippen LogP contribution in [-0.2, 0) is 0 Å². The molecule has 0 atom stereocenters. The summed E-state index contributed by atoms with van der Waals surface area (Å²) < 4.78 is 0. The highest BCUT2D eigenvalue weighted by molar-refractivity contribution is 6.34. The van der Waals surface area contributed by atoms with Gasteiger partial charge in [-0.3, -0.25) is 4.79 Å². The average molecular weight is 431 g/mol. The number of rotatable bonds is 4. The number of anilines is 2. The fourth-order valence-electron chi connectivity index (χ4n) is 3.37. The number of para-hydroxylation sites is 1. The summed E-state index contributed by atoms with van der Waals surface area (Å²) >= 11 is 6.46. The molecule has 0 saturated carbocycles. The van der Waals surface area contributed by atoms with Gasteiger partial charge in [0, 0.05) is 31.7 Å². The Bertz CT molecular complexity index is 1130. The van der Waals surface area contributed by atoms with E-state index in [-0.39, 0.29) is 17.2 Å². The van der Waals surface area contributed by atoms with Crippen LogP contribution >= 0.6 is 11.6 Å². The van der Waals surface area contributed by atoms with E-state index in [9.17, 15) is 10.1 Å². The molecule has 1 saturated heterocycles. The summed E-state index contributed by atoms with van der Waals surface area (Å²) in [6, 6.07) is 18.0. The van der Waals surface area contributed by atoms with Crippen molar-refractivity contribution in [1.82, 2.24) is 4.90 Å². The number of nitriles is 3. The van der Waals surface area contributed by atoms with Gasteiger partial charge in [-0.15, -0.1) is 0 Å². The Balaban J connectivity index is 1.79. The first-order valence-electron chi connectivity index (χ1n) is 9.59. The minimum Gasteiger partial charge on any atom is -0.365 e. The highest BCUT2D eigenvalue weighted by atomic mass is 35.5. The molecule has 1 fully saturated rings. The van der Waals surface area contributed by atoms with E-state index >= 15 is 0 Å². The Kier molecular flexibility index (Phi) is 6.78. The van der Waals surface area contributed by atoms with Crippen LogP contribution in [0.2, 0.25) is 5.02 Å². The van der Waals surface area contributed by atoms with Crippen LogP contribution in [-0.4, -0.2) is 37.0 Å². The molecule has 0 aliphatic carbocycles. The van der Waals surface area contributed by atoms with E-state index in [2.05, 4.69) is 5.32 Å². The van der Waals surface area contributed by atoms with E-state index < -0.39 is 0 Å². The van der Waals surface area contributed by atoms with Gasteiger partial charge in [-0.1, -0.05) is 35.4 Å². The van der Waals surface area contributed by atoms with Crippen molar-refractivity contribution >= 4 is 28.9 Å². The number of piperazine rings is 1. The molecule has 0 spiro atoms. The van der Waals surface area contributed by atoms with Crippen LogP contribution in [0.3, 0.4) is 0 Å². The predicted molar refractivity (Wildman–Crippen MR) is 118 cm³/mol. The van der Waals surface area contributed by atoms with Crippen molar-refractivity contribution < 1.29 is 4.79 Å². The fraction of sp³-hybridized carbons (Fsp3) is 0.217. The topological polar surface area (TPSA) is 107 Å². The van der Waals surface area contributed by atoms with E-state index in [0.29, 0.717) is 48.1 Å². The molecule has 8 heteroatoms. The summed E-state index contributed by atoms with van der Waals surface area (Å²) in [6.45, 7) is 4.10. The number of hydrogen-bond acceptors (Lipinski definition) is 6. The van der Waals surface area contributed by atoms with Gasteiger partial charge in [0.05, 0.1) is 16.4 Å². The van der Waals surface area contributed by atoms with Gasteiger partial charge in [0.15, 0.2) is 5.57 Å². The minimum atomic E-state index is -0.304. The van der Waals surface area contributed by atoms with Crippen molar-refractivity contribution in [3.8, 4) is 18.2 Å². The van der Waals surface area contributed by atoms with Crippen LogP contribution in [0.5, 0.6) is 0 Å². The van der Waals surface area contributed by atoms with Crippen LogP contribution in [0, 0.1) is 40.9 Å². The maximum Gasteiger partial charge on any atom is 0.253 e. The number of nitrogens with zero attached hydrogens (tertiary/aromatic N) is 5. The number of halogens is 1. The molecule has 2 aromatic carbocycles. The molecule has 154 valence electrons. The summed E-state index contributed by atoms with van der Waals surface area (Å²) in [7, 11) is 0. The Morgan fingerprint density at radius 2 is 1.61 bits per heavy atom. The van der Waals surface area contributed by atoms with Gasteiger partial charge in [0.25, 0.3) is 5.91 Å². The lowest BCUT2D eigenvalue weighted by atomic mass is 10.1. The third-order valence-corrected chi connectivity index (χ3v) is 5.32. The van der Waals surface area contributed by atoms with Gasteiger partial charge in [-0.2, -0.15) is 15.8 Å². The van der Waals surface area contributed by atoms with E-state index in [4.69, 9.17) is 22.1 Å². The highest BCUT2D eigenvalue weighted by Crippen LogP contribution is 2.35. The third-order valence-electron chi connectivity index (χ3n) is 5.01. The lowest BCUT2D eigenvalue weighted by Gasteiger charge is -2.37. The Labute approximate surface area is 186 Å². The first-order chi connectivity index (χ1) is 15.0. The van der Waals surface area contributed by atoms with Crippen LogP contribution in [0.4, 0.5) is 11.4 Å². The molecular weight excluding hydrogens is 412 g/mol. The maximum absolute atomic E-state index is 12.8. The summed E-state index contributed by atoms with van der Waals surface area (Å²) in [5.74, 6) is -0.0143. The van der Waals surface area contributed by atoms with Gasteiger partial charge < -0.3 is 15.1 Å². The first-order valence-corrected chi connectivity index (χ1v) is 9.97. The second kappa shape index (κ2) is 9.67. The van der Waals surface area contributed by atoms with Crippen molar-refractivity contribution in [2.24, 2.45) is 0 Å². The second-order valence-electron chi connectivity index (χ2n) is 6.99. The molecular formula is C23H19ClN6O. The van der Waals surface area contributed by atoms with Crippen LogP contribution in [0.1, 0.15) is 15.9 Å². The number of hydrogen-bond donors (Lipinski definition) is 1. The van der Waals surface area contributed by atoms with E-state index in [0.717, 1.165) is 5.56 Å². The maximum atomic E-state index is 12.8. The van der Waals surface area contributed by atoms with Crippen molar-refractivity contribution in [2.75, 3.05) is 36.4 Å². The zero-order valence-electron chi connectivity index (χ0n) is 16.9. The fourth-order valence-corrected chi connectivity index (χ4v) is 3.66. The molecule has 1 heterocycles. The molecule has 1 N–H and O–H groups in total.